The van der Waals surface area contributed by atoms with Crippen LogP contribution in [0.1, 0.15) is 53.0 Å². The number of carbonyl (C=O) groups is 5. The van der Waals surface area contributed by atoms with Crippen molar-refractivity contribution in [2.24, 2.45) is 5.73 Å². The average molecular weight is 543 g/mol. The number of primary amides is 1. The third-order valence-corrected chi connectivity index (χ3v) is 5.93. The van der Waals surface area contributed by atoms with Crippen LogP contribution in [0.5, 0.6) is 5.75 Å². The smallest absolute Gasteiger partial charge is 0.335 e. The van der Waals surface area contributed by atoms with Crippen molar-refractivity contribution in [3.63, 3.8) is 0 Å². The van der Waals surface area contributed by atoms with Gasteiger partial charge in [-0.3, -0.25) is 19.2 Å². The second-order valence-electron chi connectivity index (χ2n) is 8.73. The lowest BCUT2D eigenvalue weighted by Gasteiger charge is -2.18. The van der Waals surface area contributed by atoms with Crippen LogP contribution >= 0.6 is 0 Å². The van der Waals surface area contributed by atoms with Crippen LogP contribution in [0.15, 0.2) is 54.6 Å². The molecule has 0 saturated heterocycles. The Labute approximate surface area is 225 Å². The van der Waals surface area contributed by atoms with Crippen LogP contribution in [0.25, 0.3) is 5.65 Å². The van der Waals surface area contributed by atoms with Crippen molar-refractivity contribution >= 4 is 40.9 Å². The maximum absolute atomic E-state index is 13.2. The van der Waals surface area contributed by atoms with Crippen LogP contribution in [0, 0.1) is 0 Å². The fourth-order valence-electron chi connectivity index (χ4n) is 3.92. The van der Waals surface area contributed by atoms with Crippen LogP contribution in [-0.4, -0.2) is 55.9 Å². The molecule has 0 unspecified atom stereocenters. The normalized spacial score (nSPS) is 12.2. The number of nitrogens with one attached hydrogen (secondary N) is 3. The number of carboxylic acids is 1. The lowest BCUT2D eigenvalue weighted by Crippen LogP contribution is -2.29. The van der Waals surface area contributed by atoms with E-state index < -0.39 is 23.7 Å². The summed E-state index contributed by atoms with van der Waals surface area (Å²) < 4.78 is 6.45. The maximum Gasteiger partial charge on any atom is 0.335 e. The first-order chi connectivity index (χ1) is 19.2. The highest BCUT2D eigenvalue weighted by Gasteiger charge is 2.21. The van der Waals surface area contributed by atoms with Crippen molar-refractivity contribution < 1.29 is 33.8 Å². The summed E-state index contributed by atoms with van der Waals surface area (Å²) in [6.07, 6.45) is 0. The van der Waals surface area contributed by atoms with Gasteiger partial charge in [0.05, 0.1) is 11.3 Å². The molecule has 0 spiro atoms. The summed E-state index contributed by atoms with van der Waals surface area (Å²) in [4.78, 5) is 64.7. The van der Waals surface area contributed by atoms with Crippen molar-refractivity contribution in [2.75, 3.05) is 11.9 Å². The van der Waals surface area contributed by atoms with Gasteiger partial charge >= 0.3 is 5.97 Å². The van der Waals surface area contributed by atoms with E-state index in [0.717, 1.165) is 4.52 Å². The Morgan fingerprint density at radius 3 is 2.38 bits per heavy atom. The highest BCUT2D eigenvalue weighted by Crippen LogP contribution is 2.28. The summed E-state index contributed by atoms with van der Waals surface area (Å²) in [5, 5.41) is 21.2. The minimum absolute atomic E-state index is 0.0473. The zero-order valence-electron chi connectivity index (χ0n) is 20.6. The molecular weight excluding hydrogens is 522 g/mol. The summed E-state index contributed by atoms with van der Waals surface area (Å²) in [5.74, 6) is -2.93. The van der Waals surface area contributed by atoms with Gasteiger partial charge in [0.1, 0.15) is 17.1 Å². The Morgan fingerprint density at radius 2 is 1.65 bits per heavy atom. The van der Waals surface area contributed by atoms with Gasteiger partial charge in [0.15, 0.2) is 17.9 Å². The van der Waals surface area contributed by atoms with E-state index in [1.165, 1.54) is 24.3 Å². The molecule has 0 bridgehead atoms. The van der Waals surface area contributed by atoms with E-state index in [1.54, 1.807) is 30.3 Å². The van der Waals surface area contributed by atoms with Crippen molar-refractivity contribution in [3.05, 3.63) is 88.4 Å². The molecule has 40 heavy (non-hydrogen) atoms. The summed E-state index contributed by atoms with van der Waals surface area (Å²) in [6, 6.07) is 13.5. The Morgan fingerprint density at radius 1 is 0.950 bits per heavy atom. The zero-order chi connectivity index (χ0) is 28.4. The minimum Gasteiger partial charge on any atom is -0.482 e. The topological polar surface area (TPSA) is 207 Å². The first-order valence-corrected chi connectivity index (χ1v) is 11.8. The van der Waals surface area contributed by atoms with Crippen LogP contribution < -0.4 is 26.4 Å². The molecule has 0 atom stereocenters. The molecule has 3 heterocycles. The van der Waals surface area contributed by atoms with E-state index >= 15 is 0 Å². The van der Waals surface area contributed by atoms with Gasteiger partial charge in [-0.1, -0.05) is 18.2 Å². The molecule has 4 amide bonds. The third-order valence-electron chi connectivity index (χ3n) is 5.93. The van der Waals surface area contributed by atoms with Crippen LogP contribution in [0.4, 0.5) is 5.69 Å². The molecule has 1 aliphatic rings. The molecule has 6 N–H and O–H groups in total. The Hall–Kier alpha value is -5.79. The number of ether oxygens (including phenoxy) is 1. The molecule has 2 aromatic heterocycles. The Kier molecular flexibility index (Phi) is 6.80. The number of hydrogen-bond acceptors (Lipinski definition) is 8. The van der Waals surface area contributed by atoms with Gasteiger partial charge < -0.3 is 31.5 Å². The number of nitrogens with two attached hydrogens (primary N) is 1. The number of rotatable bonds is 8. The summed E-state index contributed by atoms with van der Waals surface area (Å²) in [7, 11) is 0. The molecule has 14 heteroatoms. The molecule has 0 fully saturated rings. The van der Waals surface area contributed by atoms with E-state index in [2.05, 4.69) is 26.0 Å². The van der Waals surface area contributed by atoms with Crippen LogP contribution in [0.3, 0.4) is 0 Å². The predicted octanol–water partition coefficient (Wildman–Crippen LogP) is 0.717. The summed E-state index contributed by atoms with van der Waals surface area (Å²) >= 11 is 0. The number of carboxylic acid groups (broad SMARTS) is 1. The Bertz CT molecular complexity index is 1700. The highest BCUT2D eigenvalue weighted by molar-refractivity contribution is 5.99. The first kappa shape index (κ1) is 25.8. The average Bonchev–Trinajstić information content (AvgIpc) is 3.39. The molecular formula is C26H21N7O7. The largest absolute Gasteiger partial charge is 0.482 e. The number of benzene rings is 2. The van der Waals surface area contributed by atoms with E-state index in [0.29, 0.717) is 22.6 Å². The van der Waals surface area contributed by atoms with Crippen molar-refractivity contribution in [3.8, 4) is 5.75 Å². The van der Waals surface area contributed by atoms with Gasteiger partial charge in [-0.15, -0.1) is 0 Å². The molecule has 0 aliphatic carbocycles. The highest BCUT2D eigenvalue weighted by atomic mass is 16.5. The predicted molar refractivity (Wildman–Crippen MR) is 138 cm³/mol. The van der Waals surface area contributed by atoms with Gasteiger partial charge in [-0.2, -0.15) is 5.10 Å². The number of amides is 4. The molecule has 4 aromatic rings. The van der Waals surface area contributed by atoms with E-state index in [9.17, 15) is 24.0 Å². The number of aromatic carboxylic acids is 1. The van der Waals surface area contributed by atoms with Crippen molar-refractivity contribution in [1.29, 1.82) is 0 Å². The van der Waals surface area contributed by atoms with E-state index in [1.807, 2.05) is 0 Å². The molecule has 5 rings (SSSR count). The number of carbonyl (C=O) groups excluding carboxylic acids is 4. The molecule has 14 nitrogen and oxygen atoms in total. The van der Waals surface area contributed by atoms with Gasteiger partial charge in [0.25, 0.3) is 23.6 Å². The maximum atomic E-state index is 13.2. The van der Waals surface area contributed by atoms with Gasteiger partial charge in [0, 0.05) is 25.2 Å². The van der Waals surface area contributed by atoms with Gasteiger partial charge in [-0.25, -0.2) is 14.3 Å². The fourth-order valence-corrected chi connectivity index (χ4v) is 3.92. The second-order valence-corrected chi connectivity index (χ2v) is 8.73. The summed E-state index contributed by atoms with van der Waals surface area (Å²) in [6.45, 7) is 0.0479. The standard InChI is InChI=1S/C26H21N7O7/c27-23(35)17-9-21-30-18(24(36)28-10-13-1-4-15(5-2-13)26(38)39)8-19(33(21)32-17)25(37)29-11-14-3-6-20-16(7-14)31-22(34)12-40-20/h1-9H,10-12H2,(H2,27,35)(H,28,36)(H,29,37)(H,31,34)(H,38,39). The van der Waals surface area contributed by atoms with Gasteiger partial charge in [-0.05, 0) is 35.4 Å². The SMILES string of the molecule is NC(=O)c1cc2nc(C(=O)NCc3ccc(C(=O)O)cc3)cc(C(=O)NCc3ccc4c(c3)NC(=O)CO4)n2n1. The monoisotopic (exact) mass is 543 g/mol. The van der Waals surface area contributed by atoms with Crippen molar-refractivity contribution in [1.82, 2.24) is 25.2 Å². The number of aromatic nitrogens is 3. The number of fused-ring (bicyclic) bond motifs is 2. The molecule has 2 aromatic carbocycles. The van der Waals surface area contributed by atoms with E-state index in [-0.39, 0.29) is 53.9 Å². The fraction of sp³-hybridized carbons (Fsp3) is 0.115. The Balaban J connectivity index is 1.36. The van der Waals surface area contributed by atoms with E-state index in [4.69, 9.17) is 15.6 Å². The number of anilines is 1. The third kappa shape index (κ3) is 5.40. The number of hydrogen-bond donors (Lipinski definition) is 5. The molecule has 1 aliphatic heterocycles. The zero-order valence-corrected chi connectivity index (χ0v) is 20.6. The molecule has 0 radical (unpaired) electrons. The molecule has 202 valence electrons. The summed E-state index contributed by atoms with van der Waals surface area (Å²) in [5.41, 5.74) is 6.93. The quantitative estimate of drug-likeness (QED) is 0.212. The van der Waals surface area contributed by atoms with Crippen LogP contribution in [-0.2, 0) is 17.9 Å². The van der Waals surface area contributed by atoms with Crippen molar-refractivity contribution in [2.45, 2.75) is 13.1 Å². The van der Waals surface area contributed by atoms with Gasteiger partial charge in [0.2, 0.25) is 0 Å². The first-order valence-electron chi connectivity index (χ1n) is 11.8. The minimum atomic E-state index is -1.07. The number of nitrogens with zero attached hydrogens (tertiary/aromatic N) is 3. The molecule has 0 saturated carbocycles. The van der Waals surface area contributed by atoms with Crippen LogP contribution in [0.2, 0.25) is 0 Å². The lowest BCUT2D eigenvalue weighted by molar-refractivity contribution is -0.118. The second kappa shape index (κ2) is 10.5. The lowest BCUT2D eigenvalue weighted by atomic mass is 10.1.